The summed E-state index contributed by atoms with van der Waals surface area (Å²) < 4.78 is 0. The summed E-state index contributed by atoms with van der Waals surface area (Å²) in [6.45, 7) is 11.1. The third-order valence-corrected chi connectivity index (χ3v) is 13.1. The number of rotatable bonds is 8. The lowest BCUT2D eigenvalue weighted by Crippen LogP contribution is -2.18. The number of para-hydroxylation sites is 4. The van der Waals surface area contributed by atoms with E-state index in [1.165, 1.54) is 35.9 Å². The molecule has 3 amide bonds. The van der Waals surface area contributed by atoms with Gasteiger partial charge in [0.2, 0.25) is 5.91 Å². The number of halogens is 7. The molecule has 0 spiro atoms. The van der Waals surface area contributed by atoms with Crippen molar-refractivity contribution in [2.75, 3.05) is 27.4 Å². The van der Waals surface area contributed by atoms with Gasteiger partial charge in [-0.25, -0.2) is 29.9 Å². The molecule has 8 rings (SSSR count). The van der Waals surface area contributed by atoms with Crippen molar-refractivity contribution in [1.82, 2.24) is 29.9 Å². The normalized spacial score (nSPS) is 10.1. The third-order valence-electron chi connectivity index (χ3n) is 9.40. The number of anilines is 5. The number of aromatic nitrogens is 6. The minimum atomic E-state index is -0.288. The number of nitrogen functional groups attached to an aromatic ring is 2. The molecule has 0 fully saturated rings. The molecule has 0 atom stereocenters. The Morgan fingerprint density at radius 3 is 1.35 bits per heavy atom. The molecule has 0 saturated heterocycles. The quantitative estimate of drug-likeness (QED) is 0.0304. The molecule has 0 bridgehead atoms. The van der Waals surface area contributed by atoms with E-state index in [-0.39, 0.29) is 22.8 Å². The molecule has 0 aliphatic heterocycles. The van der Waals surface area contributed by atoms with E-state index in [4.69, 9.17) is 98.4 Å². The number of carbonyl (C=O) groups is 3. The van der Waals surface area contributed by atoms with Crippen molar-refractivity contribution in [2.24, 2.45) is 17.2 Å². The van der Waals surface area contributed by atoms with Crippen LogP contribution in [0.25, 0.3) is 0 Å². The molecule has 8 aromatic rings. The fourth-order valence-electron chi connectivity index (χ4n) is 5.84. The van der Waals surface area contributed by atoms with Crippen molar-refractivity contribution in [3.63, 3.8) is 0 Å². The van der Waals surface area contributed by atoms with Gasteiger partial charge < -0.3 is 44.6 Å². The molecule has 17 nitrogen and oxygen atoms in total. The van der Waals surface area contributed by atoms with Gasteiger partial charge in [-0.1, -0.05) is 141 Å². The fourth-order valence-corrected chi connectivity index (χ4v) is 9.03. The summed E-state index contributed by atoms with van der Waals surface area (Å²) in [7, 11) is 0. The topological polar surface area (TPSA) is 295 Å². The highest BCUT2D eigenvalue weighted by Gasteiger charge is 2.16. The SMILES string of the molecule is Cc1cccc(Cl)c1N.Cc1cccc(Cl)c1NC(=O)/C=C/N.Cc1cccc(Cl)c1NC(=O)c1cnc(N)s1.Cc1nc(Cl)cc(Cc2ncc(C(=O)Nc3c(C)cccc3Cl)s2)n1.Cc1nc(Cl)cc(Cl)n1.NC(N)=S. The number of thiazole rings is 2. The summed E-state index contributed by atoms with van der Waals surface area (Å²) in [6.07, 6.45) is 5.91. The average Bonchev–Trinajstić information content (AvgIpc) is 4.01. The number of aryl methyl sites for hydroxylation is 6. The van der Waals surface area contributed by atoms with Crippen LogP contribution in [0.5, 0.6) is 0 Å². The standard InChI is InChI=1S/C17H14Cl2N4OS.C11H10ClN3OS.C10H11ClN2O.C7H8ClN.C5H4Cl2N2.CH4N2S/c1-9-4-3-5-12(18)16(9)23-17(24)13-8-20-15(25-13)7-11-6-14(19)22-10(2)21-11;1-6-3-2-4-7(12)9(6)15-10(16)8-5-14-11(13)17-8;1-7-3-2-4-8(11)10(7)13-9(14)5-6-12;1-5-3-2-4-6(8)7(5)9;1-3-8-4(6)2-5(7)9-3;2-1(3)4/h3-6,8H,7H2,1-2H3,(H,23,24);2-5H,1H3,(H2,13,14)(H,15,16);2-6H,12H2,1H3,(H,13,14);2-4H,9H2,1H3;2H,1H3;(H4,2,3,4)/b;;6-5+;;;. The van der Waals surface area contributed by atoms with E-state index in [9.17, 15) is 14.4 Å². The highest BCUT2D eigenvalue weighted by Crippen LogP contribution is 2.29. The first-order valence-corrected chi connectivity index (χ1v) is 26.9. The highest BCUT2D eigenvalue weighted by atomic mass is 35.5. The Bertz CT molecular complexity index is 3230. The smallest absolute Gasteiger partial charge is 0.267 e. The Labute approximate surface area is 499 Å². The Hall–Kier alpha value is -6.43. The molecule has 0 unspecified atom stereocenters. The number of amides is 3. The minimum absolute atomic E-state index is 0.000000000000000222. The number of benzene rings is 4. The fraction of sp³-hybridized carbons (Fsp3) is 0.137. The second-order valence-corrected chi connectivity index (χ2v) is 21.0. The number of carbonyl (C=O) groups excluding carboxylic acids is 3. The third kappa shape index (κ3) is 23.3. The van der Waals surface area contributed by atoms with Crippen LogP contribution in [0.1, 0.15) is 63.9 Å². The summed E-state index contributed by atoms with van der Waals surface area (Å²) in [5.41, 5.74) is 32.4. The van der Waals surface area contributed by atoms with Gasteiger partial charge in [-0.2, -0.15) is 0 Å². The first-order chi connectivity index (χ1) is 36.8. The summed E-state index contributed by atoms with van der Waals surface area (Å²) in [5, 5.41) is 12.7. The first-order valence-electron chi connectivity index (χ1n) is 22.2. The highest BCUT2D eigenvalue weighted by molar-refractivity contribution is 7.80. The van der Waals surface area contributed by atoms with E-state index in [1.807, 2.05) is 76.2 Å². The second-order valence-electron chi connectivity index (χ2n) is 15.6. The molecule has 27 heteroatoms. The van der Waals surface area contributed by atoms with E-state index in [0.29, 0.717) is 91.3 Å². The molecule has 0 aliphatic rings. The van der Waals surface area contributed by atoms with E-state index < -0.39 is 0 Å². The molecule has 4 aromatic carbocycles. The number of hydrogen-bond donors (Lipinski definition) is 8. The molecule has 4 aromatic heterocycles. The Kier molecular flexibility index (Phi) is 28.0. The maximum atomic E-state index is 12.4. The van der Waals surface area contributed by atoms with Crippen LogP contribution in [0.15, 0.2) is 110 Å². The van der Waals surface area contributed by atoms with Gasteiger partial charge in [0.1, 0.15) is 36.9 Å². The number of nitrogens with zero attached hydrogens (tertiary/aromatic N) is 6. The van der Waals surface area contributed by atoms with E-state index >= 15 is 0 Å². The van der Waals surface area contributed by atoms with E-state index in [2.05, 4.69) is 69.5 Å². The number of thiocarbonyl (C=S) groups is 1. The van der Waals surface area contributed by atoms with Crippen LogP contribution < -0.4 is 44.6 Å². The lowest BCUT2D eigenvalue weighted by molar-refractivity contribution is -0.111. The van der Waals surface area contributed by atoms with Crippen molar-refractivity contribution >= 4 is 167 Å². The van der Waals surface area contributed by atoms with Crippen molar-refractivity contribution in [3.05, 3.63) is 200 Å². The Balaban J connectivity index is 0.000000265. The Morgan fingerprint density at radius 2 is 0.962 bits per heavy atom. The number of nitrogens with two attached hydrogens (primary N) is 5. The van der Waals surface area contributed by atoms with Gasteiger partial charge in [0.25, 0.3) is 11.8 Å². The van der Waals surface area contributed by atoms with Gasteiger partial charge in [0, 0.05) is 18.6 Å². The van der Waals surface area contributed by atoms with Crippen LogP contribution in [0.4, 0.5) is 27.9 Å². The maximum absolute atomic E-state index is 12.4. The molecule has 0 saturated carbocycles. The summed E-state index contributed by atoms with van der Waals surface area (Å²) >= 11 is 47.3. The van der Waals surface area contributed by atoms with Crippen molar-refractivity contribution in [3.8, 4) is 0 Å². The second kappa shape index (κ2) is 33.1. The lowest BCUT2D eigenvalue weighted by Gasteiger charge is -2.08. The molecule has 0 aliphatic carbocycles. The van der Waals surface area contributed by atoms with Crippen molar-refractivity contribution in [2.45, 2.75) is 48.0 Å². The average molecular weight is 1250 g/mol. The van der Waals surface area contributed by atoms with Crippen molar-refractivity contribution < 1.29 is 14.4 Å². The molecule has 4 heterocycles. The zero-order valence-corrected chi connectivity index (χ0v) is 50.0. The van der Waals surface area contributed by atoms with Crippen LogP contribution in [0.2, 0.25) is 35.5 Å². The van der Waals surface area contributed by atoms with Crippen LogP contribution in [-0.2, 0) is 11.2 Å². The van der Waals surface area contributed by atoms with Gasteiger partial charge in [-0.3, -0.25) is 14.4 Å². The largest absolute Gasteiger partial charge is 0.404 e. The van der Waals surface area contributed by atoms with Crippen molar-refractivity contribution in [1.29, 1.82) is 0 Å². The van der Waals surface area contributed by atoms with Gasteiger partial charge >= 0.3 is 0 Å². The van der Waals surface area contributed by atoms with Crippen LogP contribution in [-0.4, -0.2) is 52.7 Å². The summed E-state index contributed by atoms with van der Waals surface area (Å²) in [6, 6.07) is 25.1. The minimum Gasteiger partial charge on any atom is -0.404 e. The predicted octanol–water partition coefficient (Wildman–Crippen LogP) is 13.2. The molecule has 13 N–H and O–H groups in total. The van der Waals surface area contributed by atoms with Crippen LogP contribution >= 0.6 is 116 Å². The van der Waals surface area contributed by atoms with Crippen LogP contribution in [0.3, 0.4) is 0 Å². The molecule has 0 radical (unpaired) electrons. The number of nitrogens with one attached hydrogen (secondary N) is 3. The maximum Gasteiger partial charge on any atom is 0.267 e. The van der Waals surface area contributed by atoms with Gasteiger partial charge in [-0.15, -0.1) is 11.3 Å². The van der Waals surface area contributed by atoms with E-state index in [1.54, 1.807) is 50.4 Å². The zero-order chi connectivity index (χ0) is 58.2. The molecule has 78 heavy (non-hydrogen) atoms. The van der Waals surface area contributed by atoms with Crippen LogP contribution in [0, 0.1) is 41.5 Å². The summed E-state index contributed by atoms with van der Waals surface area (Å²) in [4.78, 5) is 60.6. The van der Waals surface area contributed by atoms with Gasteiger partial charge in [0.15, 0.2) is 10.2 Å². The summed E-state index contributed by atoms with van der Waals surface area (Å²) in [5.74, 6) is 0.412. The van der Waals surface area contributed by atoms with E-state index in [0.717, 1.165) is 44.3 Å². The molecular formula is C51H51Cl7N14O3S3. The molecule has 410 valence electrons. The lowest BCUT2D eigenvalue weighted by atomic mass is 10.2. The Morgan fingerprint density at radius 1 is 0.564 bits per heavy atom. The molecular weight excluding hydrogens is 1200 g/mol. The predicted molar refractivity (Wildman–Crippen MR) is 328 cm³/mol. The zero-order valence-electron chi connectivity index (χ0n) is 42.3. The van der Waals surface area contributed by atoms with Gasteiger partial charge in [0.05, 0.1) is 65.9 Å². The monoisotopic (exact) mass is 1250 g/mol. The first kappa shape index (κ1) is 65.9. The van der Waals surface area contributed by atoms with Gasteiger partial charge in [-0.05, 0) is 113 Å². The number of hydrogen-bond acceptors (Lipinski definition) is 15.